The monoisotopic (exact) mass is 505 g/mol. The number of ether oxygens (including phenoxy) is 1. The lowest BCUT2D eigenvalue weighted by Crippen LogP contribution is -2.32. The fraction of sp³-hybridized carbons (Fsp3) is 0.200. The summed E-state index contributed by atoms with van der Waals surface area (Å²) in [6.45, 7) is 1.41. The number of hydrogen-bond acceptors (Lipinski definition) is 10. The highest BCUT2D eigenvalue weighted by atomic mass is 32.2. The lowest BCUT2D eigenvalue weighted by Gasteiger charge is -2.17. The summed E-state index contributed by atoms with van der Waals surface area (Å²) in [6, 6.07) is 8.59. The summed E-state index contributed by atoms with van der Waals surface area (Å²) in [5.74, 6) is -2.62. The number of hydrogen-bond donors (Lipinski definition) is 2. The number of para-hydroxylation sites is 2. The Morgan fingerprint density at radius 1 is 1.31 bits per heavy atom. The molecule has 1 atom stereocenters. The van der Waals surface area contributed by atoms with Crippen molar-refractivity contribution in [3.05, 3.63) is 35.4 Å². The number of pyridine rings is 1. The molecule has 35 heavy (non-hydrogen) atoms. The van der Waals surface area contributed by atoms with Crippen molar-refractivity contribution < 1.29 is 37.0 Å². The molecule has 0 fully saturated rings. The Balaban J connectivity index is 1.96. The SMILES string of the molecule is CC(Sc1nc(N)c(C#N)c(-c2c([O-])on[n+]2C)c1C#N)C(=O)Nc1ccccc1OC(F)(F)F. The number of nitrogens with two attached hydrogens (primary N) is 1. The first kappa shape index (κ1) is 25.1. The van der Waals surface area contributed by atoms with E-state index in [4.69, 9.17) is 5.73 Å². The summed E-state index contributed by atoms with van der Waals surface area (Å²) in [5, 5.41) is 36.2. The molecule has 3 rings (SSSR count). The molecule has 180 valence electrons. The second-order valence-electron chi connectivity index (χ2n) is 6.78. The Morgan fingerprint density at radius 2 is 1.97 bits per heavy atom. The molecule has 0 aliphatic carbocycles. The van der Waals surface area contributed by atoms with Gasteiger partial charge in [-0.2, -0.15) is 10.5 Å². The smallest absolute Gasteiger partial charge is 0.539 e. The number of amides is 1. The third-order valence-corrected chi connectivity index (χ3v) is 5.53. The molecule has 0 aliphatic heterocycles. The average molecular weight is 505 g/mol. The van der Waals surface area contributed by atoms with Crippen LogP contribution in [0.25, 0.3) is 11.3 Å². The number of halogens is 3. The number of nitriles is 2. The van der Waals surface area contributed by atoms with Crippen molar-refractivity contribution in [3.63, 3.8) is 0 Å². The van der Waals surface area contributed by atoms with Crippen LogP contribution >= 0.6 is 11.8 Å². The zero-order chi connectivity index (χ0) is 25.9. The largest absolute Gasteiger partial charge is 0.573 e. The highest BCUT2D eigenvalue weighted by Crippen LogP contribution is 2.38. The van der Waals surface area contributed by atoms with Crippen molar-refractivity contribution >= 4 is 29.2 Å². The first-order valence-corrected chi connectivity index (χ1v) is 10.3. The molecule has 1 amide bonds. The van der Waals surface area contributed by atoms with Crippen molar-refractivity contribution in [2.24, 2.45) is 7.05 Å². The molecule has 3 aromatic rings. The Bertz CT molecular complexity index is 1360. The Kier molecular flexibility index (Phi) is 7.02. The van der Waals surface area contributed by atoms with E-state index in [1.807, 2.05) is 6.07 Å². The van der Waals surface area contributed by atoms with Crippen LogP contribution in [0.1, 0.15) is 18.1 Å². The summed E-state index contributed by atoms with van der Waals surface area (Å²) in [7, 11) is 1.35. The number of anilines is 2. The molecule has 0 saturated carbocycles. The van der Waals surface area contributed by atoms with E-state index in [9.17, 15) is 33.6 Å². The number of thioether (sulfide) groups is 1. The predicted octanol–water partition coefficient (Wildman–Crippen LogP) is 1.98. The standard InChI is InChI=1S/C20H14F3N7O4S/c1-9(17(31)27-12-5-3-4-6-13(12)33-20(21,22)23)35-18-11(8-25)14(10(7-24)16(26)28-18)15-19(32)34-29-30(15)2/h3-6,9H,1-2H3,(H3-,26,27,28,29,31,32). The average Bonchev–Trinajstić information content (AvgIpc) is 3.11. The lowest BCUT2D eigenvalue weighted by molar-refractivity contribution is -0.730. The molecule has 2 aromatic heterocycles. The van der Waals surface area contributed by atoms with Crippen LogP contribution < -0.4 is 25.6 Å². The molecule has 1 aromatic carbocycles. The van der Waals surface area contributed by atoms with E-state index in [0.717, 1.165) is 22.5 Å². The Morgan fingerprint density at radius 3 is 2.54 bits per heavy atom. The minimum atomic E-state index is -4.97. The van der Waals surface area contributed by atoms with E-state index >= 15 is 0 Å². The molecule has 3 N–H and O–H groups in total. The molecule has 0 spiro atoms. The maximum absolute atomic E-state index is 12.7. The van der Waals surface area contributed by atoms with Gasteiger partial charge < -0.3 is 25.4 Å². The number of rotatable bonds is 6. The quantitative estimate of drug-likeness (QED) is 0.372. The zero-order valence-corrected chi connectivity index (χ0v) is 18.7. The van der Waals surface area contributed by atoms with Crippen molar-refractivity contribution in [2.45, 2.75) is 23.6 Å². The first-order chi connectivity index (χ1) is 16.5. The van der Waals surface area contributed by atoms with E-state index in [1.54, 1.807) is 6.07 Å². The van der Waals surface area contributed by atoms with Gasteiger partial charge >= 0.3 is 6.36 Å². The van der Waals surface area contributed by atoms with Crippen LogP contribution in [-0.2, 0) is 11.8 Å². The summed E-state index contributed by atoms with van der Waals surface area (Å²) in [6.07, 6.45) is -4.97. The molecule has 0 bridgehead atoms. The van der Waals surface area contributed by atoms with Crippen LogP contribution in [-0.4, -0.2) is 27.8 Å². The molecule has 0 saturated heterocycles. The van der Waals surface area contributed by atoms with Gasteiger partial charge in [0.25, 0.3) is 5.69 Å². The maximum atomic E-state index is 12.7. The van der Waals surface area contributed by atoms with E-state index in [0.29, 0.717) is 0 Å². The number of carbonyl (C=O) groups is 1. The number of aryl methyl sites for hydroxylation is 1. The first-order valence-electron chi connectivity index (χ1n) is 9.46. The highest BCUT2D eigenvalue weighted by Gasteiger charge is 2.33. The highest BCUT2D eigenvalue weighted by molar-refractivity contribution is 8.00. The van der Waals surface area contributed by atoms with E-state index in [-0.39, 0.29) is 38.9 Å². The van der Waals surface area contributed by atoms with Gasteiger partial charge in [0.15, 0.2) is 18.7 Å². The number of carbonyl (C=O) groups excluding carboxylic acids is 1. The van der Waals surface area contributed by atoms with Crippen molar-refractivity contribution in [1.82, 2.24) is 10.3 Å². The lowest BCUT2D eigenvalue weighted by atomic mass is 10.0. The van der Waals surface area contributed by atoms with Crippen molar-refractivity contribution in [3.8, 4) is 35.1 Å². The molecule has 1 unspecified atom stereocenters. The number of aromatic nitrogens is 3. The molecular weight excluding hydrogens is 491 g/mol. The molecular formula is C20H14F3N7O4S. The molecule has 11 nitrogen and oxygen atoms in total. The van der Waals surface area contributed by atoms with E-state index in [1.165, 1.54) is 32.2 Å². The summed E-state index contributed by atoms with van der Waals surface area (Å²) < 4.78 is 47.5. The van der Waals surface area contributed by atoms with E-state index < -0.39 is 29.2 Å². The normalized spacial score (nSPS) is 11.9. The second-order valence-corrected chi connectivity index (χ2v) is 8.11. The van der Waals surface area contributed by atoms with Crippen LogP contribution in [0.15, 0.2) is 33.8 Å². The third kappa shape index (κ3) is 5.36. The zero-order valence-electron chi connectivity index (χ0n) is 17.9. The minimum absolute atomic E-state index is 0.0953. The predicted molar refractivity (Wildman–Crippen MR) is 111 cm³/mol. The number of nitrogens with one attached hydrogen (secondary N) is 1. The van der Waals surface area contributed by atoms with Gasteiger partial charge in [0.2, 0.25) is 5.91 Å². The molecule has 2 heterocycles. The Hall–Kier alpha value is -4.50. The van der Waals surface area contributed by atoms with Crippen LogP contribution in [0.4, 0.5) is 24.7 Å². The van der Waals surface area contributed by atoms with Gasteiger partial charge in [-0.1, -0.05) is 28.6 Å². The minimum Gasteiger partial charge on any atom is -0.539 e. The Labute approximate surface area is 199 Å². The summed E-state index contributed by atoms with van der Waals surface area (Å²) in [4.78, 5) is 16.7. The van der Waals surface area contributed by atoms with Crippen LogP contribution in [0.3, 0.4) is 0 Å². The molecule has 0 aliphatic rings. The number of nitrogens with zero attached hydrogens (tertiary/aromatic N) is 5. The van der Waals surface area contributed by atoms with Gasteiger partial charge in [-0.05, 0) is 19.1 Å². The van der Waals surface area contributed by atoms with Gasteiger partial charge in [0.05, 0.1) is 27.3 Å². The summed E-state index contributed by atoms with van der Waals surface area (Å²) >= 11 is 0.737. The van der Waals surface area contributed by atoms with Crippen LogP contribution in [0, 0.1) is 22.7 Å². The van der Waals surface area contributed by atoms with Gasteiger partial charge in [-0.15, -0.1) is 13.2 Å². The number of nitrogen functional groups attached to an aromatic ring is 1. The van der Waals surface area contributed by atoms with Gasteiger partial charge in [-0.25, -0.2) is 4.98 Å². The second kappa shape index (κ2) is 9.78. The van der Waals surface area contributed by atoms with Crippen molar-refractivity contribution in [1.29, 1.82) is 10.5 Å². The van der Waals surface area contributed by atoms with E-state index in [2.05, 4.69) is 24.8 Å². The fourth-order valence-electron chi connectivity index (χ4n) is 2.94. The van der Waals surface area contributed by atoms with Gasteiger partial charge in [0, 0.05) is 0 Å². The number of benzene rings is 1. The topological polar surface area (TPSA) is 178 Å². The van der Waals surface area contributed by atoms with Crippen LogP contribution in [0.2, 0.25) is 0 Å². The fourth-order valence-corrected chi connectivity index (χ4v) is 3.85. The van der Waals surface area contributed by atoms with Crippen molar-refractivity contribution in [2.75, 3.05) is 11.1 Å². The summed E-state index contributed by atoms with van der Waals surface area (Å²) in [5.41, 5.74) is 4.73. The number of alkyl halides is 3. The molecule has 15 heteroatoms. The van der Waals surface area contributed by atoms with Gasteiger partial charge in [-0.3, -0.25) is 4.79 Å². The van der Waals surface area contributed by atoms with Gasteiger partial charge in [0.1, 0.15) is 28.5 Å². The maximum Gasteiger partial charge on any atom is 0.573 e. The van der Waals surface area contributed by atoms with Crippen LogP contribution in [0.5, 0.6) is 11.7 Å². The molecule has 0 radical (unpaired) electrons. The third-order valence-electron chi connectivity index (χ3n) is 4.44.